The number of aromatic nitrogens is 1. The van der Waals surface area contributed by atoms with Crippen LogP contribution in [0.3, 0.4) is 0 Å². The van der Waals surface area contributed by atoms with E-state index in [0.29, 0.717) is 19.8 Å². The zero-order valence-corrected chi connectivity index (χ0v) is 10.7. The van der Waals surface area contributed by atoms with Crippen molar-refractivity contribution in [3.05, 3.63) is 40.9 Å². The van der Waals surface area contributed by atoms with Crippen LogP contribution in [0.15, 0.2) is 29.6 Å². The Morgan fingerprint density at radius 1 is 1.35 bits per heavy atom. The van der Waals surface area contributed by atoms with Crippen LogP contribution in [0.1, 0.15) is 11.3 Å². The van der Waals surface area contributed by atoms with Gasteiger partial charge in [0.1, 0.15) is 5.01 Å². The summed E-state index contributed by atoms with van der Waals surface area (Å²) in [6.45, 7) is 3.77. The van der Waals surface area contributed by atoms with Crippen molar-refractivity contribution < 1.29 is 4.74 Å². The van der Waals surface area contributed by atoms with Crippen molar-refractivity contribution >= 4 is 11.3 Å². The van der Waals surface area contributed by atoms with Crippen molar-refractivity contribution in [3.63, 3.8) is 0 Å². The van der Waals surface area contributed by atoms with Crippen LogP contribution < -0.4 is 5.73 Å². The van der Waals surface area contributed by atoms with Gasteiger partial charge in [-0.25, -0.2) is 4.98 Å². The number of nitrogens with two attached hydrogens (primary N) is 1. The van der Waals surface area contributed by atoms with Gasteiger partial charge in [0.25, 0.3) is 0 Å². The first-order valence-corrected chi connectivity index (χ1v) is 6.47. The summed E-state index contributed by atoms with van der Waals surface area (Å²) < 4.78 is 5.37. The number of hydrogen-bond acceptors (Lipinski definition) is 4. The molecule has 0 radical (unpaired) electrons. The van der Waals surface area contributed by atoms with E-state index in [1.54, 1.807) is 11.3 Å². The van der Waals surface area contributed by atoms with Gasteiger partial charge in [0, 0.05) is 17.5 Å². The number of ether oxygens (including phenoxy) is 1. The number of benzene rings is 1. The highest BCUT2D eigenvalue weighted by Crippen LogP contribution is 2.26. The van der Waals surface area contributed by atoms with E-state index in [9.17, 15) is 0 Å². The van der Waals surface area contributed by atoms with Crippen LogP contribution in [-0.2, 0) is 11.3 Å². The number of thiazole rings is 1. The molecule has 1 aromatic heterocycles. The van der Waals surface area contributed by atoms with E-state index in [-0.39, 0.29) is 0 Å². The van der Waals surface area contributed by atoms with Crippen molar-refractivity contribution in [2.45, 2.75) is 13.5 Å². The summed E-state index contributed by atoms with van der Waals surface area (Å²) in [4.78, 5) is 4.57. The maximum absolute atomic E-state index is 5.37. The van der Waals surface area contributed by atoms with Gasteiger partial charge in [0.2, 0.25) is 0 Å². The van der Waals surface area contributed by atoms with Gasteiger partial charge >= 0.3 is 0 Å². The molecule has 2 aromatic rings. The third kappa shape index (κ3) is 3.12. The van der Waals surface area contributed by atoms with Gasteiger partial charge in [-0.15, -0.1) is 11.3 Å². The second kappa shape index (κ2) is 5.91. The highest BCUT2D eigenvalue weighted by molar-refractivity contribution is 7.13. The summed E-state index contributed by atoms with van der Waals surface area (Å²) in [7, 11) is 0. The van der Waals surface area contributed by atoms with E-state index in [1.807, 2.05) is 17.5 Å². The van der Waals surface area contributed by atoms with Crippen LogP contribution in [0, 0.1) is 6.92 Å². The van der Waals surface area contributed by atoms with Gasteiger partial charge in [-0.05, 0) is 12.5 Å². The van der Waals surface area contributed by atoms with E-state index in [0.717, 1.165) is 10.7 Å². The molecule has 0 unspecified atom stereocenters. The molecule has 0 saturated carbocycles. The minimum Gasteiger partial charge on any atom is -0.374 e. The second-order valence-corrected chi connectivity index (χ2v) is 4.66. The summed E-state index contributed by atoms with van der Waals surface area (Å²) in [5, 5.41) is 3.09. The first-order chi connectivity index (χ1) is 8.31. The lowest BCUT2D eigenvalue weighted by atomic mass is 10.1. The quantitative estimate of drug-likeness (QED) is 0.827. The van der Waals surface area contributed by atoms with Gasteiger partial charge < -0.3 is 10.5 Å². The molecule has 17 heavy (non-hydrogen) atoms. The zero-order valence-electron chi connectivity index (χ0n) is 9.85. The van der Waals surface area contributed by atoms with Crippen molar-refractivity contribution in [1.29, 1.82) is 0 Å². The summed E-state index contributed by atoms with van der Waals surface area (Å²) >= 11 is 1.65. The molecule has 3 nitrogen and oxygen atoms in total. The molecule has 0 saturated heterocycles. The van der Waals surface area contributed by atoms with Gasteiger partial charge in [-0.1, -0.05) is 24.3 Å². The van der Waals surface area contributed by atoms with Crippen LogP contribution in [0.4, 0.5) is 0 Å². The lowest BCUT2D eigenvalue weighted by Crippen LogP contribution is -2.08. The molecule has 0 aliphatic heterocycles. The van der Waals surface area contributed by atoms with E-state index in [4.69, 9.17) is 10.5 Å². The molecule has 2 rings (SSSR count). The molecule has 0 atom stereocenters. The molecular formula is C13H16N2OS. The fourth-order valence-electron chi connectivity index (χ4n) is 1.57. The Morgan fingerprint density at radius 3 is 2.94 bits per heavy atom. The molecule has 0 amide bonds. The highest BCUT2D eigenvalue weighted by Gasteiger charge is 2.06. The normalized spacial score (nSPS) is 10.7. The predicted molar refractivity (Wildman–Crippen MR) is 71.0 cm³/mol. The number of nitrogens with zero attached hydrogens (tertiary/aromatic N) is 1. The Balaban J connectivity index is 2.10. The predicted octanol–water partition coefficient (Wildman–Crippen LogP) is 2.59. The lowest BCUT2D eigenvalue weighted by Gasteiger charge is -2.01. The Labute approximate surface area is 105 Å². The summed E-state index contributed by atoms with van der Waals surface area (Å²) in [5.41, 5.74) is 8.78. The Kier molecular flexibility index (Phi) is 4.25. The van der Waals surface area contributed by atoms with Gasteiger partial charge in [-0.3, -0.25) is 0 Å². The lowest BCUT2D eigenvalue weighted by molar-refractivity contribution is 0.126. The molecule has 0 fully saturated rings. The van der Waals surface area contributed by atoms with Crippen molar-refractivity contribution in [2.75, 3.05) is 13.2 Å². The molecule has 4 heteroatoms. The number of hydrogen-bond donors (Lipinski definition) is 1. The summed E-state index contributed by atoms with van der Waals surface area (Å²) in [6, 6.07) is 8.27. The van der Waals surface area contributed by atoms with Gasteiger partial charge in [0.05, 0.1) is 18.9 Å². The van der Waals surface area contributed by atoms with Crippen molar-refractivity contribution in [1.82, 2.24) is 4.98 Å². The molecule has 0 spiro atoms. The Bertz CT molecular complexity index is 482. The molecule has 0 aliphatic carbocycles. The molecule has 1 heterocycles. The molecular weight excluding hydrogens is 232 g/mol. The van der Waals surface area contributed by atoms with Crippen LogP contribution in [0.5, 0.6) is 0 Å². The van der Waals surface area contributed by atoms with Crippen LogP contribution in [-0.4, -0.2) is 18.1 Å². The zero-order chi connectivity index (χ0) is 12.1. The standard InChI is InChI=1S/C13H16N2OS/c1-10-4-2-3-5-12(10)13-15-11(9-17-13)8-16-7-6-14/h2-5,9H,6-8,14H2,1H3. The maximum atomic E-state index is 5.37. The number of rotatable bonds is 5. The largest absolute Gasteiger partial charge is 0.374 e. The molecule has 90 valence electrons. The fraction of sp³-hybridized carbons (Fsp3) is 0.308. The smallest absolute Gasteiger partial charge is 0.123 e. The topological polar surface area (TPSA) is 48.1 Å². The third-order valence-electron chi connectivity index (χ3n) is 2.44. The van der Waals surface area contributed by atoms with Crippen LogP contribution >= 0.6 is 11.3 Å². The van der Waals surface area contributed by atoms with E-state index < -0.39 is 0 Å². The van der Waals surface area contributed by atoms with Crippen LogP contribution in [0.25, 0.3) is 10.6 Å². The monoisotopic (exact) mass is 248 g/mol. The molecule has 0 bridgehead atoms. The third-order valence-corrected chi connectivity index (χ3v) is 3.36. The molecule has 1 aromatic carbocycles. The minimum absolute atomic E-state index is 0.541. The molecule has 2 N–H and O–H groups in total. The first kappa shape index (κ1) is 12.2. The minimum atomic E-state index is 0.541. The van der Waals surface area contributed by atoms with Crippen molar-refractivity contribution in [3.8, 4) is 10.6 Å². The van der Waals surface area contributed by atoms with Gasteiger partial charge in [0.15, 0.2) is 0 Å². The van der Waals surface area contributed by atoms with E-state index >= 15 is 0 Å². The summed E-state index contributed by atoms with van der Waals surface area (Å²) in [6.07, 6.45) is 0. The Morgan fingerprint density at radius 2 is 2.18 bits per heavy atom. The Hall–Kier alpha value is -1.23. The van der Waals surface area contributed by atoms with Crippen molar-refractivity contribution in [2.24, 2.45) is 5.73 Å². The average molecular weight is 248 g/mol. The second-order valence-electron chi connectivity index (χ2n) is 3.80. The SMILES string of the molecule is Cc1ccccc1-c1nc(COCCN)cs1. The maximum Gasteiger partial charge on any atom is 0.123 e. The number of aryl methyl sites for hydroxylation is 1. The van der Waals surface area contributed by atoms with E-state index in [1.165, 1.54) is 11.1 Å². The first-order valence-electron chi connectivity index (χ1n) is 5.59. The molecule has 0 aliphatic rings. The summed E-state index contributed by atoms with van der Waals surface area (Å²) in [5.74, 6) is 0. The highest BCUT2D eigenvalue weighted by atomic mass is 32.1. The fourth-order valence-corrected chi connectivity index (χ4v) is 2.46. The van der Waals surface area contributed by atoms with E-state index in [2.05, 4.69) is 24.0 Å². The van der Waals surface area contributed by atoms with Crippen LogP contribution in [0.2, 0.25) is 0 Å². The van der Waals surface area contributed by atoms with Gasteiger partial charge in [-0.2, -0.15) is 0 Å². The average Bonchev–Trinajstić information content (AvgIpc) is 2.79.